The first-order valence-corrected chi connectivity index (χ1v) is 11.7. The van der Waals surface area contributed by atoms with Crippen molar-refractivity contribution in [3.05, 3.63) is 106 Å². The summed E-state index contributed by atoms with van der Waals surface area (Å²) in [6, 6.07) is 19.2. The number of hydrogen-bond acceptors (Lipinski definition) is 0. The summed E-state index contributed by atoms with van der Waals surface area (Å²) in [7, 11) is 0. The zero-order valence-corrected chi connectivity index (χ0v) is 22.5. The summed E-state index contributed by atoms with van der Waals surface area (Å²) >= 11 is 0. The molecule has 0 nitrogen and oxygen atoms in total. The maximum absolute atomic E-state index is 13.1. The molecule has 3 rings (SSSR count). The number of rotatable bonds is 0. The molecule has 0 amide bonds. The van der Waals surface area contributed by atoms with E-state index in [2.05, 4.69) is 52.0 Å². The number of hydrogen-bond donors (Lipinski definition) is 0. The summed E-state index contributed by atoms with van der Waals surface area (Å²) in [5, 5.41) is 0. The monoisotopic (exact) mass is 470 g/mol. The fourth-order valence-electron chi connectivity index (χ4n) is 3.20. The summed E-state index contributed by atoms with van der Waals surface area (Å²) in [4.78, 5) is 0. The fourth-order valence-corrected chi connectivity index (χ4v) is 3.20. The molecule has 0 radical (unpaired) electrons. The van der Waals surface area contributed by atoms with Gasteiger partial charge in [0.25, 0.3) is 0 Å². The Morgan fingerprint density at radius 2 is 0.971 bits per heavy atom. The van der Waals surface area contributed by atoms with Crippen LogP contribution in [-0.2, 0) is 16.2 Å². The lowest BCUT2D eigenvalue weighted by atomic mass is 9.87. The van der Waals surface area contributed by atoms with Crippen molar-refractivity contribution < 1.29 is 13.2 Å². The smallest absolute Gasteiger partial charge is 0.127 e. The third-order valence-corrected chi connectivity index (χ3v) is 5.34. The third kappa shape index (κ3) is 9.75. The summed E-state index contributed by atoms with van der Waals surface area (Å²) in [5.74, 6) is -0.842. The molecule has 34 heavy (non-hydrogen) atoms. The van der Waals surface area contributed by atoms with Gasteiger partial charge in [-0.15, -0.1) is 0 Å². The second kappa shape index (κ2) is 11.7. The predicted molar refractivity (Wildman–Crippen MR) is 140 cm³/mol. The van der Waals surface area contributed by atoms with Crippen molar-refractivity contribution in [3.63, 3.8) is 0 Å². The van der Waals surface area contributed by atoms with Crippen LogP contribution in [0.1, 0.15) is 84.6 Å². The first-order valence-electron chi connectivity index (χ1n) is 11.7. The van der Waals surface area contributed by atoms with E-state index >= 15 is 0 Å². The van der Waals surface area contributed by atoms with E-state index in [1.54, 1.807) is 6.07 Å². The van der Waals surface area contributed by atoms with Crippen LogP contribution >= 0.6 is 0 Å². The van der Waals surface area contributed by atoms with E-state index in [-0.39, 0.29) is 33.7 Å². The highest BCUT2D eigenvalue weighted by atomic mass is 19.1. The molecule has 0 atom stereocenters. The van der Waals surface area contributed by atoms with Gasteiger partial charge in [0.2, 0.25) is 0 Å². The second-order valence-corrected chi connectivity index (χ2v) is 11.7. The normalized spacial score (nSPS) is 11.7. The molecule has 0 spiro atoms. The highest BCUT2D eigenvalue weighted by Gasteiger charge is 2.19. The highest BCUT2D eigenvalue weighted by Crippen LogP contribution is 2.26. The lowest BCUT2D eigenvalue weighted by molar-refractivity contribution is 0.511. The molecule has 0 N–H and O–H groups in total. The van der Waals surface area contributed by atoms with Crippen LogP contribution in [0.3, 0.4) is 0 Å². The summed E-state index contributed by atoms with van der Waals surface area (Å²) in [5.41, 5.74) is 3.79. The summed E-state index contributed by atoms with van der Waals surface area (Å²) in [6.45, 7) is 20.4. The first kappa shape index (κ1) is 29.5. The zero-order valence-electron chi connectivity index (χ0n) is 22.5. The van der Waals surface area contributed by atoms with Crippen LogP contribution in [0.2, 0.25) is 0 Å². The molecular weight excluding hydrogens is 429 g/mol. The van der Waals surface area contributed by atoms with Crippen molar-refractivity contribution >= 4 is 0 Å². The van der Waals surface area contributed by atoms with Crippen molar-refractivity contribution in [2.24, 2.45) is 0 Å². The standard InChI is InChI=1S/C11H16.C10H12F2.C10H13F/c1-9-5-7-10(8-6-9)11(2,3)4;1-10(2,3)8-6-7(11)4-5-9(8)12;1-10(2,3)8-6-4-5-7-9(8)11/h5-8H,1-4H3;4-6H,1-3H3;4-7H,1-3H3. The Labute approximate surface area is 205 Å². The molecule has 0 bridgehead atoms. The Kier molecular flexibility index (Phi) is 10.2. The predicted octanol–water partition coefficient (Wildman–Crippen LogP) is 9.68. The topological polar surface area (TPSA) is 0 Å². The maximum atomic E-state index is 13.1. The van der Waals surface area contributed by atoms with Crippen LogP contribution in [0.5, 0.6) is 0 Å². The molecule has 0 unspecified atom stereocenters. The van der Waals surface area contributed by atoms with E-state index in [1.165, 1.54) is 23.3 Å². The van der Waals surface area contributed by atoms with Crippen molar-refractivity contribution in [1.29, 1.82) is 0 Å². The number of benzene rings is 3. The van der Waals surface area contributed by atoms with Gasteiger partial charge in [0.05, 0.1) is 0 Å². The molecule has 0 aliphatic carbocycles. The van der Waals surface area contributed by atoms with Crippen LogP contribution in [0.15, 0.2) is 66.7 Å². The van der Waals surface area contributed by atoms with E-state index < -0.39 is 0 Å². The van der Waals surface area contributed by atoms with E-state index in [9.17, 15) is 13.2 Å². The van der Waals surface area contributed by atoms with E-state index in [4.69, 9.17) is 0 Å². The molecule has 0 saturated carbocycles. The van der Waals surface area contributed by atoms with Crippen LogP contribution in [-0.4, -0.2) is 0 Å². The highest BCUT2D eigenvalue weighted by molar-refractivity contribution is 5.27. The molecule has 186 valence electrons. The van der Waals surface area contributed by atoms with Gasteiger partial charge in [-0.1, -0.05) is 110 Å². The van der Waals surface area contributed by atoms with Gasteiger partial charge in [-0.2, -0.15) is 0 Å². The molecule has 0 aliphatic rings. The Morgan fingerprint density at radius 3 is 1.35 bits per heavy atom. The summed E-state index contributed by atoms with van der Waals surface area (Å²) in [6.07, 6.45) is 0. The van der Waals surface area contributed by atoms with Gasteiger partial charge in [0, 0.05) is 0 Å². The minimum absolute atomic E-state index is 0.0919. The summed E-state index contributed by atoms with van der Waals surface area (Å²) < 4.78 is 38.9. The molecule has 0 fully saturated rings. The van der Waals surface area contributed by atoms with Crippen molar-refractivity contribution in [2.45, 2.75) is 85.5 Å². The SMILES string of the molecule is CC(C)(C)c1cc(F)ccc1F.CC(C)(C)c1ccccc1F.Cc1ccc(C(C)(C)C)cc1. The van der Waals surface area contributed by atoms with Crippen molar-refractivity contribution in [1.82, 2.24) is 0 Å². The van der Waals surface area contributed by atoms with Gasteiger partial charge < -0.3 is 0 Å². The molecule has 3 aromatic rings. The fraction of sp³-hybridized carbons (Fsp3) is 0.419. The van der Waals surface area contributed by atoms with Gasteiger partial charge in [0.1, 0.15) is 17.5 Å². The average molecular weight is 471 g/mol. The first-order chi connectivity index (χ1) is 15.4. The Hall–Kier alpha value is -2.55. The lowest BCUT2D eigenvalue weighted by Crippen LogP contribution is -2.13. The molecule has 0 heterocycles. The molecule has 3 heteroatoms. The number of halogens is 3. The van der Waals surface area contributed by atoms with Crippen molar-refractivity contribution in [3.8, 4) is 0 Å². The van der Waals surface area contributed by atoms with Crippen LogP contribution in [0, 0.1) is 24.4 Å². The van der Waals surface area contributed by atoms with E-state index in [0.29, 0.717) is 5.56 Å². The van der Waals surface area contributed by atoms with Gasteiger partial charge in [-0.05, 0) is 64.1 Å². The van der Waals surface area contributed by atoms with Gasteiger partial charge in [0.15, 0.2) is 0 Å². The van der Waals surface area contributed by atoms with Gasteiger partial charge in [-0.3, -0.25) is 0 Å². The minimum Gasteiger partial charge on any atom is -0.207 e. The van der Waals surface area contributed by atoms with Crippen LogP contribution in [0.4, 0.5) is 13.2 Å². The molecular formula is C31H41F3. The minimum atomic E-state index is -0.388. The molecule has 3 aromatic carbocycles. The van der Waals surface area contributed by atoms with Gasteiger partial charge in [-0.25, -0.2) is 13.2 Å². The maximum Gasteiger partial charge on any atom is 0.127 e. The van der Waals surface area contributed by atoms with E-state index in [0.717, 1.165) is 17.7 Å². The molecule has 0 aromatic heterocycles. The largest absolute Gasteiger partial charge is 0.207 e. The quantitative estimate of drug-likeness (QED) is 0.307. The third-order valence-electron chi connectivity index (χ3n) is 5.34. The van der Waals surface area contributed by atoms with Crippen molar-refractivity contribution in [2.75, 3.05) is 0 Å². The Balaban J connectivity index is 0.000000255. The Morgan fingerprint density at radius 1 is 0.500 bits per heavy atom. The molecule has 0 aliphatic heterocycles. The average Bonchev–Trinajstić information content (AvgIpc) is 2.69. The van der Waals surface area contributed by atoms with Gasteiger partial charge >= 0.3 is 0 Å². The zero-order chi connectivity index (χ0) is 26.3. The second-order valence-electron chi connectivity index (χ2n) is 11.7. The Bertz CT molecular complexity index is 1030. The number of aryl methyl sites for hydroxylation is 1. The lowest BCUT2D eigenvalue weighted by Gasteiger charge is -2.19. The molecule has 0 saturated heterocycles. The van der Waals surface area contributed by atoms with Crippen LogP contribution in [0.25, 0.3) is 0 Å². The van der Waals surface area contributed by atoms with E-state index in [1.807, 2.05) is 53.7 Å². The van der Waals surface area contributed by atoms with Crippen LogP contribution < -0.4 is 0 Å².